The fraction of sp³-hybridized carbons (Fsp3) is 0.458. The molecule has 2 fully saturated rings. The second-order valence-electron chi connectivity index (χ2n) is 7.52. The van der Waals surface area contributed by atoms with E-state index < -0.39 is 36.0 Å². The van der Waals surface area contributed by atoms with Gasteiger partial charge in [0.15, 0.2) is 12.4 Å². The van der Waals surface area contributed by atoms with E-state index in [0.29, 0.717) is 13.2 Å². The molecule has 0 amide bonds. The highest BCUT2D eigenvalue weighted by Gasteiger charge is 2.52. The predicted octanol–water partition coefficient (Wildman–Crippen LogP) is 4.31. The van der Waals surface area contributed by atoms with E-state index in [-0.39, 0.29) is 12.0 Å². The van der Waals surface area contributed by atoms with Gasteiger partial charge in [-0.1, -0.05) is 67.6 Å². The largest absolute Gasteiger partial charge is 0.455 e. The summed E-state index contributed by atoms with van der Waals surface area (Å²) in [5, 5.41) is 0. The molecule has 1 unspecified atom stereocenters. The van der Waals surface area contributed by atoms with Crippen molar-refractivity contribution in [3.63, 3.8) is 0 Å². The van der Waals surface area contributed by atoms with Gasteiger partial charge in [-0.05, 0) is 11.3 Å². The van der Waals surface area contributed by atoms with Crippen molar-refractivity contribution in [2.24, 2.45) is 0 Å². The summed E-state index contributed by atoms with van der Waals surface area (Å²) in [7, 11) is 0. The molecular weight excluding hydrogens is 452 g/mol. The number of rotatable bonds is 8. The molecule has 6 nitrogen and oxygen atoms in total. The van der Waals surface area contributed by atoms with Crippen molar-refractivity contribution in [1.82, 2.24) is 0 Å². The van der Waals surface area contributed by atoms with Gasteiger partial charge < -0.3 is 23.7 Å². The van der Waals surface area contributed by atoms with Crippen molar-refractivity contribution in [2.75, 3.05) is 18.2 Å². The molecule has 2 aliphatic rings. The highest BCUT2D eigenvalue weighted by molar-refractivity contribution is 7.99. The summed E-state index contributed by atoms with van der Waals surface area (Å²) in [6.45, 7) is 2.74. The zero-order valence-electron chi connectivity index (χ0n) is 17.8. The summed E-state index contributed by atoms with van der Waals surface area (Å²) >= 11 is 7.30. The standard InChI is InChI=1S/C24H27ClO6S/c1-2-32-24-22(30-19(26)13-25)21(27-14-16-9-5-3-6-10-16)20-18(29-24)15-28-23(31-20)17-11-7-4-8-12-17/h3-12,18,20-24H,2,13-15H2,1H3/t18-,20+,21+,22-,23?,24+/m1/s1. The zero-order chi connectivity index (χ0) is 22.3. The molecular formula is C24H27ClO6S. The van der Waals surface area contributed by atoms with Crippen LogP contribution in [-0.2, 0) is 35.1 Å². The van der Waals surface area contributed by atoms with Crippen molar-refractivity contribution in [1.29, 1.82) is 0 Å². The summed E-state index contributed by atoms with van der Waals surface area (Å²) in [6, 6.07) is 19.6. The van der Waals surface area contributed by atoms with Gasteiger partial charge in [0.25, 0.3) is 0 Å². The van der Waals surface area contributed by atoms with Crippen LogP contribution >= 0.6 is 23.4 Å². The lowest BCUT2D eigenvalue weighted by Gasteiger charge is -2.48. The topological polar surface area (TPSA) is 63.2 Å². The van der Waals surface area contributed by atoms with Gasteiger partial charge in [-0.25, -0.2) is 0 Å². The van der Waals surface area contributed by atoms with Crippen molar-refractivity contribution in [3.05, 3.63) is 71.8 Å². The molecule has 172 valence electrons. The number of ether oxygens (including phenoxy) is 5. The first-order chi connectivity index (χ1) is 15.7. The van der Waals surface area contributed by atoms with Crippen LogP contribution in [0.25, 0.3) is 0 Å². The molecule has 2 saturated heterocycles. The molecule has 2 aromatic carbocycles. The molecule has 2 aliphatic heterocycles. The first kappa shape index (κ1) is 23.5. The lowest BCUT2D eigenvalue weighted by molar-refractivity contribution is -0.325. The van der Waals surface area contributed by atoms with Crippen LogP contribution in [0.2, 0.25) is 0 Å². The molecule has 6 atom stereocenters. The van der Waals surface area contributed by atoms with Crippen molar-refractivity contribution < 1.29 is 28.5 Å². The Bertz CT molecular complexity index is 854. The highest BCUT2D eigenvalue weighted by Crippen LogP contribution is 2.39. The van der Waals surface area contributed by atoms with Crippen molar-refractivity contribution in [3.8, 4) is 0 Å². The van der Waals surface area contributed by atoms with Gasteiger partial charge >= 0.3 is 5.97 Å². The van der Waals surface area contributed by atoms with E-state index in [1.807, 2.05) is 67.6 Å². The SMILES string of the molecule is CCS[C@@H]1O[C@@H]2COC(c3ccccc3)O[C@@H]2[C@H](OCc2ccccc2)[C@H]1OC(=O)CCl. The average Bonchev–Trinajstić information content (AvgIpc) is 2.84. The predicted molar refractivity (Wildman–Crippen MR) is 122 cm³/mol. The minimum absolute atomic E-state index is 0.240. The number of thioether (sulfide) groups is 1. The van der Waals surface area contributed by atoms with E-state index in [1.54, 1.807) is 11.8 Å². The second kappa shape index (κ2) is 11.5. The summed E-state index contributed by atoms with van der Waals surface area (Å²) in [6.07, 6.45) is -2.57. The van der Waals surface area contributed by atoms with Crippen LogP contribution in [-0.4, -0.2) is 54.1 Å². The molecule has 0 spiro atoms. The Labute approximate surface area is 197 Å². The fourth-order valence-corrected chi connectivity index (χ4v) is 4.90. The Morgan fingerprint density at radius 3 is 2.47 bits per heavy atom. The number of carbonyl (C=O) groups is 1. The summed E-state index contributed by atoms with van der Waals surface area (Å²) in [4.78, 5) is 12.2. The summed E-state index contributed by atoms with van der Waals surface area (Å²) in [5.41, 5.74) is 1.52. The summed E-state index contributed by atoms with van der Waals surface area (Å²) < 4.78 is 30.7. The first-order valence-corrected chi connectivity index (χ1v) is 12.3. The van der Waals surface area contributed by atoms with Crippen LogP contribution in [0, 0.1) is 0 Å². The lowest BCUT2D eigenvalue weighted by Crippen LogP contribution is -2.62. The molecule has 0 aliphatic carbocycles. The minimum atomic E-state index is -0.661. The van der Waals surface area contributed by atoms with Gasteiger partial charge in [0.2, 0.25) is 0 Å². The Balaban J connectivity index is 1.59. The highest BCUT2D eigenvalue weighted by atomic mass is 35.5. The number of hydrogen-bond donors (Lipinski definition) is 0. The molecule has 0 aromatic heterocycles. The van der Waals surface area contributed by atoms with Crippen LogP contribution in [0.1, 0.15) is 24.3 Å². The summed E-state index contributed by atoms with van der Waals surface area (Å²) in [5.74, 6) is 0.0350. The first-order valence-electron chi connectivity index (χ1n) is 10.7. The molecule has 2 aromatic rings. The number of halogens is 1. The lowest BCUT2D eigenvalue weighted by atomic mass is 9.98. The average molecular weight is 479 g/mol. The molecule has 8 heteroatoms. The van der Waals surface area contributed by atoms with Crippen molar-refractivity contribution in [2.45, 2.75) is 49.7 Å². The van der Waals surface area contributed by atoms with Gasteiger partial charge in [0, 0.05) is 5.56 Å². The fourth-order valence-electron chi connectivity index (χ4n) is 3.89. The van der Waals surface area contributed by atoms with Crippen LogP contribution in [0.3, 0.4) is 0 Å². The van der Waals surface area contributed by atoms with Crippen LogP contribution < -0.4 is 0 Å². The van der Waals surface area contributed by atoms with E-state index in [2.05, 4.69) is 0 Å². The minimum Gasteiger partial charge on any atom is -0.455 e. The maximum absolute atomic E-state index is 12.2. The van der Waals surface area contributed by atoms with Gasteiger partial charge in [-0.2, -0.15) is 0 Å². The van der Waals surface area contributed by atoms with Gasteiger partial charge in [-0.15, -0.1) is 23.4 Å². The maximum Gasteiger partial charge on any atom is 0.321 e. The molecule has 4 rings (SSSR count). The third-order valence-corrected chi connectivity index (χ3v) is 6.61. The molecule has 0 N–H and O–H groups in total. The number of carbonyl (C=O) groups excluding carboxylic acids is 1. The second-order valence-corrected chi connectivity index (χ2v) is 9.17. The molecule has 0 bridgehead atoms. The third-order valence-electron chi connectivity index (χ3n) is 5.35. The Kier molecular flexibility index (Phi) is 8.46. The van der Waals surface area contributed by atoms with Crippen LogP contribution in [0.4, 0.5) is 0 Å². The third kappa shape index (κ3) is 5.65. The normalized spacial score (nSPS) is 29.8. The van der Waals surface area contributed by atoms with Crippen LogP contribution in [0.5, 0.6) is 0 Å². The Hall–Kier alpha value is -1.61. The van der Waals surface area contributed by atoms with E-state index in [9.17, 15) is 4.79 Å². The number of benzene rings is 2. The van der Waals surface area contributed by atoms with Crippen LogP contribution in [0.15, 0.2) is 60.7 Å². The molecule has 0 radical (unpaired) electrons. The van der Waals surface area contributed by atoms with E-state index >= 15 is 0 Å². The number of fused-ring (bicyclic) bond motifs is 1. The van der Waals surface area contributed by atoms with E-state index in [1.165, 1.54) is 0 Å². The van der Waals surface area contributed by atoms with Crippen molar-refractivity contribution >= 4 is 29.3 Å². The maximum atomic E-state index is 12.2. The zero-order valence-corrected chi connectivity index (χ0v) is 19.4. The van der Waals surface area contributed by atoms with Gasteiger partial charge in [0.05, 0.1) is 13.2 Å². The molecule has 2 heterocycles. The molecule has 32 heavy (non-hydrogen) atoms. The van der Waals surface area contributed by atoms with Gasteiger partial charge in [-0.3, -0.25) is 4.79 Å². The number of hydrogen-bond acceptors (Lipinski definition) is 7. The molecule has 0 saturated carbocycles. The van der Waals surface area contributed by atoms with E-state index in [4.69, 9.17) is 35.3 Å². The monoisotopic (exact) mass is 478 g/mol. The Morgan fingerprint density at radius 1 is 1.06 bits per heavy atom. The quantitative estimate of drug-likeness (QED) is 0.413. The Morgan fingerprint density at radius 2 is 1.78 bits per heavy atom. The number of esters is 1. The smallest absolute Gasteiger partial charge is 0.321 e. The van der Waals surface area contributed by atoms with Gasteiger partial charge in [0.1, 0.15) is 29.6 Å². The van der Waals surface area contributed by atoms with E-state index in [0.717, 1.165) is 16.9 Å². The number of alkyl halides is 1.